The number of hydrogen-bond donors (Lipinski definition) is 0. The van der Waals surface area contributed by atoms with Crippen molar-refractivity contribution in [1.29, 1.82) is 0 Å². The number of ether oxygens (including phenoxy) is 4. The van der Waals surface area contributed by atoms with Crippen LogP contribution in [0.25, 0.3) is 0 Å². The Morgan fingerprint density at radius 3 is 2.52 bits per heavy atom. The molecule has 120 valence electrons. The van der Waals surface area contributed by atoms with Crippen LogP contribution in [0.15, 0.2) is 16.6 Å². The van der Waals surface area contributed by atoms with Gasteiger partial charge in [-0.2, -0.15) is 0 Å². The van der Waals surface area contributed by atoms with E-state index in [-0.39, 0.29) is 0 Å². The highest BCUT2D eigenvalue weighted by Gasteiger charge is 2.11. The molecule has 0 saturated carbocycles. The van der Waals surface area contributed by atoms with Crippen LogP contribution in [0.1, 0.15) is 18.9 Å². The minimum Gasteiger partial charge on any atom is -0.490 e. The van der Waals surface area contributed by atoms with Gasteiger partial charge in [0.25, 0.3) is 0 Å². The summed E-state index contributed by atoms with van der Waals surface area (Å²) in [6, 6.07) is 4.02. The second-order valence-corrected chi connectivity index (χ2v) is 5.69. The minimum absolute atomic E-state index is 0.583. The molecule has 0 aliphatic heterocycles. The molecule has 0 radical (unpaired) electrons. The first-order valence-electron chi connectivity index (χ1n) is 6.93. The third-order valence-corrected chi connectivity index (χ3v) is 3.87. The number of alkyl halides is 1. The highest BCUT2D eigenvalue weighted by Crippen LogP contribution is 2.37. The first-order chi connectivity index (χ1) is 10.2. The average Bonchev–Trinajstić information content (AvgIpc) is 2.48. The Balaban J connectivity index is 2.49. The van der Waals surface area contributed by atoms with Gasteiger partial charge in [0.15, 0.2) is 11.5 Å². The number of hydrogen-bond acceptors (Lipinski definition) is 4. The van der Waals surface area contributed by atoms with Crippen LogP contribution in [-0.2, 0) is 14.8 Å². The van der Waals surface area contributed by atoms with E-state index in [1.807, 2.05) is 19.1 Å². The summed E-state index contributed by atoms with van der Waals surface area (Å²) in [5, 5.41) is 0.777. The summed E-state index contributed by atoms with van der Waals surface area (Å²) < 4.78 is 22.7. The second kappa shape index (κ2) is 11.3. The predicted molar refractivity (Wildman–Crippen MR) is 90.7 cm³/mol. The fourth-order valence-corrected chi connectivity index (χ4v) is 2.61. The maximum absolute atomic E-state index is 5.83. The molecule has 0 heterocycles. The van der Waals surface area contributed by atoms with Gasteiger partial charge in [-0.15, -0.1) is 0 Å². The fourth-order valence-electron chi connectivity index (χ4n) is 1.68. The quantitative estimate of drug-likeness (QED) is 0.393. The lowest BCUT2D eigenvalue weighted by Gasteiger charge is -2.15. The molecule has 1 aromatic carbocycles. The molecule has 0 aliphatic rings. The predicted octanol–water partition coefficient (Wildman–Crippen LogP) is 4.17. The van der Waals surface area contributed by atoms with Gasteiger partial charge in [-0.3, -0.25) is 0 Å². The molecule has 21 heavy (non-hydrogen) atoms. The number of rotatable bonds is 11. The molecular formula is C15H22Br2O4. The van der Waals surface area contributed by atoms with Crippen LogP contribution < -0.4 is 9.47 Å². The third-order valence-electron chi connectivity index (χ3n) is 2.63. The SMILES string of the molecule is CCOc1cc(CBr)cc(Br)c1OCCCOCCOC. The molecule has 0 aromatic heterocycles. The molecule has 6 heteroatoms. The van der Waals surface area contributed by atoms with Gasteiger partial charge >= 0.3 is 0 Å². The second-order valence-electron chi connectivity index (χ2n) is 4.28. The van der Waals surface area contributed by atoms with Crippen LogP contribution >= 0.6 is 31.9 Å². The van der Waals surface area contributed by atoms with Crippen molar-refractivity contribution in [2.24, 2.45) is 0 Å². The first kappa shape index (κ1) is 18.7. The minimum atomic E-state index is 0.583. The Hall–Kier alpha value is -0.300. The monoisotopic (exact) mass is 424 g/mol. The number of halogens is 2. The van der Waals surface area contributed by atoms with Crippen molar-refractivity contribution in [3.8, 4) is 11.5 Å². The van der Waals surface area contributed by atoms with Crippen molar-refractivity contribution < 1.29 is 18.9 Å². The van der Waals surface area contributed by atoms with Gasteiger partial charge in [-0.25, -0.2) is 0 Å². The van der Waals surface area contributed by atoms with E-state index < -0.39 is 0 Å². The van der Waals surface area contributed by atoms with Crippen LogP contribution in [0.4, 0.5) is 0 Å². The van der Waals surface area contributed by atoms with Gasteiger partial charge in [0.05, 0.1) is 30.9 Å². The van der Waals surface area contributed by atoms with Crippen molar-refractivity contribution in [2.45, 2.75) is 18.7 Å². The Morgan fingerprint density at radius 2 is 1.86 bits per heavy atom. The summed E-state index contributed by atoms with van der Waals surface area (Å²) in [6.07, 6.45) is 0.821. The molecule has 0 unspecified atom stereocenters. The normalized spacial score (nSPS) is 10.7. The van der Waals surface area contributed by atoms with Gasteiger partial charge in [0, 0.05) is 25.5 Å². The van der Waals surface area contributed by atoms with Crippen LogP contribution in [0.5, 0.6) is 11.5 Å². The molecule has 0 atom stereocenters. The third kappa shape index (κ3) is 7.00. The van der Waals surface area contributed by atoms with Gasteiger partial charge in [0.2, 0.25) is 0 Å². The lowest BCUT2D eigenvalue weighted by atomic mass is 10.2. The Bertz CT molecular complexity index is 413. The molecule has 1 aromatic rings. The molecule has 0 aliphatic carbocycles. The molecular weight excluding hydrogens is 404 g/mol. The van der Waals surface area contributed by atoms with Crippen molar-refractivity contribution in [1.82, 2.24) is 0 Å². The van der Waals surface area contributed by atoms with Crippen LogP contribution in [0.3, 0.4) is 0 Å². The van der Waals surface area contributed by atoms with E-state index in [1.165, 1.54) is 0 Å². The standard InChI is InChI=1S/C15H22Br2O4/c1-3-20-14-10-12(11-16)9-13(17)15(14)21-6-4-5-19-8-7-18-2/h9-10H,3-8,11H2,1-2H3. The summed E-state index contributed by atoms with van der Waals surface area (Å²) in [4.78, 5) is 0. The van der Waals surface area contributed by atoms with Crippen molar-refractivity contribution >= 4 is 31.9 Å². The molecule has 0 fully saturated rings. The van der Waals surface area contributed by atoms with E-state index in [1.54, 1.807) is 7.11 Å². The Kier molecular flexibility index (Phi) is 10.1. The molecule has 0 amide bonds. The molecule has 0 saturated heterocycles. The summed E-state index contributed by atoms with van der Waals surface area (Å²) in [5.74, 6) is 1.51. The molecule has 0 spiro atoms. The number of methoxy groups -OCH3 is 1. The van der Waals surface area contributed by atoms with E-state index >= 15 is 0 Å². The lowest BCUT2D eigenvalue weighted by molar-refractivity contribution is 0.0642. The van der Waals surface area contributed by atoms with Gasteiger partial charge in [-0.1, -0.05) is 15.9 Å². The van der Waals surface area contributed by atoms with E-state index in [9.17, 15) is 0 Å². The number of benzene rings is 1. The van der Waals surface area contributed by atoms with E-state index in [0.29, 0.717) is 33.0 Å². The van der Waals surface area contributed by atoms with E-state index in [2.05, 4.69) is 31.9 Å². The van der Waals surface area contributed by atoms with E-state index in [0.717, 1.165) is 33.3 Å². The van der Waals surface area contributed by atoms with Crippen molar-refractivity contribution in [3.05, 3.63) is 22.2 Å². The molecule has 4 nitrogen and oxygen atoms in total. The summed E-state index contributed by atoms with van der Waals surface area (Å²) in [7, 11) is 1.66. The Labute approximate surface area is 143 Å². The molecule has 1 rings (SSSR count). The topological polar surface area (TPSA) is 36.9 Å². The largest absolute Gasteiger partial charge is 0.490 e. The van der Waals surface area contributed by atoms with Gasteiger partial charge in [-0.05, 0) is 40.5 Å². The zero-order valence-electron chi connectivity index (χ0n) is 12.5. The smallest absolute Gasteiger partial charge is 0.175 e. The first-order valence-corrected chi connectivity index (χ1v) is 8.85. The maximum atomic E-state index is 5.83. The average molecular weight is 426 g/mol. The molecule has 0 N–H and O–H groups in total. The zero-order chi connectivity index (χ0) is 15.5. The zero-order valence-corrected chi connectivity index (χ0v) is 15.7. The highest BCUT2D eigenvalue weighted by atomic mass is 79.9. The highest BCUT2D eigenvalue weighted by molar-refractivity contribution is 9.10. The van der Waals surface area contributed by atoms with Crippen molar-refractivity contribution in [2.75, 3.05) is 40.1 Å². The molecule has 0 bridgehead atoms. The van der Waals surface area contributed by atoms with Crippen molar-refractivity contribution in [3.63, 3.8) is 0 Å². The summed E-state index contributed by atoms with van der Waals surface area (Å²) in [5.41, 5.74) is 1.14. The van der Waals surface area contributed by atoms with E-state index in [4.69, 9.17) is 18.9 Å². The summed E-state index contributed by atoms with van der Waals surface area (Å²) in [6.45, 7) is 5.04. The Morgan fingerprint density at radius 1 is 1.05 bits per heavy atom. The summed E-state index contributed by atoms with van der Waals surface area (Å²) >= 11 is 6.99. The van der Waals surface area contributed by atoms with Gasteiger partial charge < -0.3 is 18.9 Å². The lowest BCUT2D eigenvalue weighted by Crippen LogP contribution is -2.08. The van der Waals surface area contributed by atoms with Crippen LogP contribution in [0.2, 0.25) is 0 Å². The van der Waals surface area contributed by atoms with Crippen LogP contribution in [0, 0.1) is 0 Å². The maximum Gasteiger partial charge on any atom is 0.175 e. The van der Waals surface area contributed by atoms with Crippen LogP contribution in [-0.4, -0.2) is 40.1 Å². The van der Waals surface area contributed by atoms with Gasteiger partial charge in [0.1, 0.15) is 0 Å². The fraction of sp³-hybridized carbons (Fsp3) is 0.600.